The highest BCUT2D eigenvalue weighted by atomic mass is 31.2. The smallest absolute Gasteiger partial charge is 0.369 e. The highest BCUT2D eigenvalue weighted by Crippen LogP contribution is 2.69. The van der Waals surface area contributed by atoms with E-state index in [-0.39, 0.29) is 12.1 Å². The Morgan fingerprint density at radius 3 is 2.17 bits per heavy atom. The van der Waals surface area contributed by atoms with Crippen LogP contribution in [0.4, 0.5) is 0 Å². The standard InChI is InChI=1S/C13H17NO8P2/c15-13(23(16,17)18,24(19,20)21)7-6-11-9-22-12(14-11)8-10-4-2-1-3-5-10/h1-5,9,15H,6-8H2,(H2,16,17,18)(H2,19,20,21). The van der Waals surface area contributed by atoms with Gasteiger partial charge in [0.2, 0.25) is 0 Å². The lowest BCUT2D eigenvalue weighted by atomic mass is 10.1. The topological polar surface area (TPSA) is 161 Å². The molecule has 1 aromatic heterocycles. The van der Waals surface area contributed by atoms with Crippen molar-refractivity contribution in [3.05, 3.63) is 53.7 Å². The average molecular weight is 377 g/mol. The van der Waals surface area contributed by atoms with E-state index in [0.717, 1.165) is 5.56 Å². The van der Waals surface area contributed by atoms with Crippen LogP contribution in [0.3, 0.4) is 0 Å². The summed E-state index contributed by atoms with van der Waals surface area (Å²) >= 11 is 0. The second-order valence-electron chi connectivity index (χ2n) is 5.26. The first-order valence-corrected chi connectivity index (χ1v) is 10.1. The first-order chi connectivity index (χ1) is 11.0. The molecular weight excluding hydrogens is 360 g/mol. The second kappa shape index (κ2) is 6.90. The molecule has 24 heavy (non-hydrogen) atoms. The van der Waals surface area contributed by atoms with Crippen LogP contribution in [-0.2, 0) is 22.0 Å². The molecule has 0 atom stereocenters. The molecule has 0 amide bonds. The summed E-state index contributed by atoms with van der Waals surface area (Å²) in [6.45, 7) is 0. The third-order valence-electron chi connectivity index (χ3n) is 3.45. The average Bonchev–Trinajstić information content (AvgIpc) is 2.91. The van der Waals surface area contributed by atoms with E-state index in [9.17, 15) is 14.2 Å². The van der Waals surface area contributed by atoms with Crippen molar-refractivity contribution in [2.45, 2.75) is 24.3 Å². The highest BCUT2D eigenvalue weighted by molar-refractivity contribution is 7.72. The molecule has 1 heterocycles. The van der Waals surface area contributed by atoms with Gasteiger partial charge in [-0.1, -0.05) is 30.3 Å². The lowest BCUT2D eigenvalue weighted by Gasteiger charge is -2.28. The zero-order chi connectivity index (χ0) is 18.0. The molecule has 5 N–H and O–H groups in total. The summed E-state index contributed by atoms with van der Waals surface area (Å²) in [6, 6.07) is 9.28. The maximum absolute atomic E-state index is 11.3. The number of nitrogens with zero attached hydrogens (tertiary/aromatic N) is 1. The summed E-state index contributed by atoms with van der Waals surface area (Å²) in [5, 5.41) is 6.36. The van der Waals surface area contributed by atoms with Crippen LogP contribution in [0.15, 0.2) is 41.0 Å². The highest BCUT2D eigenvalue weighted by Gasteiger charge is 2.58. The summed E-state index contributed by atoms with van der Waals surface area (Å²) < 4.78 is 27.8. The number of rotatable bonds is 7. The molecule has 0 saturated heterocycles. The van der Waals surface area contributed by atoms with Gasteiger partial charge in [-0.2, -0.15) is 0 Å². The molecule has 11 heteroatoms. The predicted molar refractivity (Wildman–Crippen MR) is 83.1 cm³/mol. The van der Waals surface area contributed by atoms with Gasteiger partial charge in [-0.3, -0.25) is 9.13 Å². The van der Waals surface area contributed by atoms with Crippen LogP contribution in [0.25, 0.3) is 0 Å². The molecular formula is C13H17NO8P2. The number of benzene rings is 1. The molecule has 0 unspecified atom stereocenters. The molecule has 0 spiro atoms. The van der Waals surface area contributed by atoms with Crippen LogP contribution in [0.2, 0.25) is 0 Å². The van der Waals surface area contributed by atoms with Crippen molar-refractivity contribution >= 4 is 15.2 Å². The number of hydrogen-bond donors (Lipinski definition) is 5. The molecule has 2 rings (SSSR count). The Hall–Kier alpha value is -1.31. The van der Waals surface area contributed by atoms with E-state index in [1.54, 1.807) is 0 Å². The van der Waals surface area contributed by atoms with E-state index < -0.39 is 26.7 Å². The predicted octanol–water partition coefficient (Wildman–Crippen LogP) is 1.20. The van der Waals surface area contributed by atoms with Crippen molar-refractivity contribution in [2.75, 3.05) is 0 Å². The molecule has 0 aliphatic carbocycles. The van der Waals surface area contributed by atoms with E-state index in [1.165, 1.54) is 6.26 Å². The van der Waals surface area contributed by atoms with Gasteiger partial charge in [-0.05, 0) is 12.0 Å². The first-order valence-electron chi connectivity index (χ1n) is 6.84. The minimum atomic E-state index is -5.46. The van der Waals surface area contributed by atoms with Crippen LogP contribution in [0.1, 0.15) is 23.6 Å². The zero-order valence-corrected chi connectivity index (χ0v) is 14.2. The molecule has 0 aliphatic rings. The SMILES string of the molecule is O=P(O)(O)C(O)(CCc1coc(Cc2ccccc2)n1)P(=O)(O)O. The quantitative estimate of drug-likeness (QED) is 0.446. The number of aromatic nitrogens is 1. The fourth-order valence-corrected chi connectivity index (χ4v) is 4.24. The third-order valence-corrected chi connectivity index (χ3v) is 7.32. The molecule has 9 nitrogen and oxygen atoms in total. The van der Waals surface area contributed by atoms with Crippen molar-refractivity contribution in [3.63, 3.8) is 0 Å². The summed E-state index contributed by atoms with van der Waals surface area (Å²) in [4.78, 5) is 40.4. The van der Waals surface area contributed by atoms with Crippen LogP contribution in [0.5, 0.6) is 0 Å². The molecule has 132 valence electrons. The van der Waals surface area contributed by atoms with Crippen molar-refractivity contribution in [3.8, 4) is 0 Å². The Labute approximate surface area is 137 Å². The Bertz CT molecular complexity index is 756. The van der Waals surface area contributed by atoms with Crippen molar-refractivity contribution in [1.29, 1.82) is 0 Å². The Kier molecular flexibility index (Phi) is 5.47. The van der Waals surface area contributed by atoms with Crippen LogP contribution >= 0.6 is 15.2 Å². The van der Waals surface area contributed by atoms with Crippen LogP contribution in [0, 0.1) is 0 Å². The van der Waals surface area contributed by atoms with Gasteiger partial charge in [0.1, 0.15) is 6.26 Å². The Balaban J connectivity index is 2.09. The van der Waals surface area contributed by atoms with E-state index in [1.807, 2.05) is 30.3 Å². The molecule has 2 aromatic rings. The van der Waals surface area contributed by atoms with Gasteiger partial charge >= 0.3 is 15.2 Å². The Morgan fingerprint density at radius 1 is 1.04 bits per heavy atom. The number of oxazole rings is 1. The number of aryl methyl sites for hydroxylation is 1. The van der Waals surface area contributed by atoms with Gasteiger partial charge in [-0.25, -0.2) is 4.98 Å². The minimum absolute atomic E-state index is 0.223. The van der Waals surface area contributed by atoms with Gasteiger partial charge in [0, 0.05) is 12.8 Å². The largest absolute Gasteiger partial charge is 0.448 e. The summed E-state index contributed by atoms with van der Waals surface area (Å²) in [5.41, 5.74) is 1.16. The maximum Gasteiger partial charge on any atom is 0.369 e. The van der Waals surface area contributed by atoms with Crippen LogP contribution < -0.4 is 0 Å². The monoisotopic (exact) mass is 377 g/mol. The summed E-state index contributed by atoms with van der Waals surface area (Å²) in [7, 11) is -10.9. The van der Waals surface area contributed by atoms with Gasteiger partial charge in [-0.15, -0.1) is 0 Å². The van der Waals surface area contributed by atoms with Crippen LogP contribution in [-0.4, -0.2) is 34.7 Å². The lowest BCUT2D eigenvalue weighted by molar-refractivity contribution is 0.123. The Morgan fingerprint density at radius 2 is 1.62 bits per heavy atom. The molecule has 0 bridgehead atoms. The molecule has 0 fully saturated rings. The van der Waals surface area contributed by atoms with Crippen molar-refractivity contribution in [2.24, 2.45) is 0 Å². The zero-order valence-electron chi connectivity index (χ0n) is 12.4. The van der Waals surface area contributed by atoms with E-state index in [2.05, 4.69) is 4.98 Å². The summed E-state index contributed by atoms with van der Waals surface area (Å²) in [6.07, 6.45) is 0.476. The summed E-state index contributed by atoms with van der Waals surface area (Å²) in [5.74, 6) is 0.340. The number of hydrogen-bond acceptors (Lipinski definition) is 5. The van der Waals surface area contributed by atoms with E-state index >= 15 is 0 Å². The van der Waals surface area contributed by atoms with E-state index in [0.29, 0.717) is 12.3 Å². The third kappa shape index (κ3) is 4.20. The van der Waals surface area contributed by atoms with Crippen molar-refractivity contribution < 1.29 is 38.2 Å². The van der Waals surface area contributed by atoms with Crippen molar-refractivity contribution in [1.82, 2.24) is 4.98 Å². The fraction of sp³-hybridized carbons (Fsp3) is 0.308. The second-order valence-corrected chi connectivity index (χ2v) is 9.27. The van der Waals surface area contributed by atoms with Gasteiger partial charge in [0.05, 0.1) is 5.69 Å². The van der Waals surface area contributed by atoms with Gasteiger partial charge < -0.3 is 29.1 Å². The fourth-order valence-electron chi connectivity index (χ4n) is 2.07. The molecule has 0 saturated carbocycles. The first kappa shape index (κ1) is 19.0. The normalized spacial score (nSPS) is 13.2. The maximum atomic E-state index is 11.3. The lowest BCUT2D eigenvalue weighted by Crippen LogP contribution is -2.29. The minimum Gasteiger partial charge on any atom is -0.448 e. The van der Waals surface area contributed by atoms with E-state index in [4.69, 9.17) is 24.0 Å². The molecule has 1 aromatic carbocycles. The number of aliphatic hydroxyl groups is 1. The molecule has 0 aliphatic heterocycles. The van der Waals surface area contributed by atoms with Gasteiger partial charge in [0.25, 0.3) is 5.08 Å². The van der Waals surface area contributed by atoms with Gasteiger partial charge in [0.15, 0.2) is 5.89 Å². The molecule has 0 radical (unpaired) electrons.